The highest BCUT2D eigenvalue weighted by Gasteiger charge is 2.17. The summed E-state index contributed by atoms with van der Waals surface area (Å²) < 4.78 is 0. The minimum absolute atomic E-state index is 0.864. The summed E-state index contributed by atoms with van der Waals surface area (Å²) in [6.07, 6.45) is 4.95. The van der Waals surface area contributed by atoms with Crippen LogP contribution in [0.4, 0.5) is 5.69 Å². The van der Waals surface area contributed by atoms with Gasteiger partial charge in [-0.15, -0.1) is 0 Å². The van der Waals surface area contributed by atoms with E-state index in [-0.39, 0.29) is 0 Å². The van der Waals surface area contributed by atoms with Gasteiger partial charge in [0.1, 0.15) is 0 Å². The molecular weight excluding hydrogens is 412 g/mol. The van der Waals surface area contributed by atoms with E-state index in [1.165, 1.54) is 0 Å². The molecule has 1 aliphatic rings. The average molecular weight is 443 g/mol. The van der Waals surface area contributed by atoms with Gasteiger partial charge in [-0.25, -0.2) is 4.98 Å². The van der Waals surface area contributed by atoms with E-state index in [4.69, 9.17) is 9.97 Å². The van der Waals surface area contributed by atoms with E-state index in [9.17, 15) is 0 Å². The van der Waals surface area contributed by atoms with Crippen molar-refractivity contribution < 1.29 is 0 Å². The highest BCUT2D eigenvalue weighted by molar-refractivity contribution is 5.84. The Morgan fingerprint density at radius 2 is 1.91 bits per heavy atom. The molecule has 1 saturated heterocycles. The van der Waals surface area contributed by atoms with Gasteiger partial charge in [-0.1, -0.05) is 6.07 Å². The Kier molecular flexibility index (Phi) is 6.28. The quantitative estimate of drug-likeness (QED) is 0.474. The van der Waals surface area contributed by atoms with Crippen LogP contribution in [-0.2, 0) is 0 Å². The maximum Gasteiger partial charge on any atom is 0.0928 e. The highest BCUT2D eigenvalue weighted by Crippen LogP contribution is 2.30. The standard InChI is InChI=1S/C25H30N8/c1-18-5-3-6-23(29-18)25-20(17-28-31-25)21-7-8-22-24(30-21)15-19(16-27-22)33-11-4-10-32(13-14-33)12-9-26-2/h3,5-8,15-17,26H,4,9-14H2,1-2H3,(H,28,31). The first-order valence-corrected chi connectivity index (χ1v) is 11.6. The molecule has 4 aromatic rings. The van der Waals surface area contributed by atoms with Crippen molar-refractivity contribution in [1.29, 1.82) is 0 Å². The number of rotatable bonds is 6. The van der Waals surface area contributed by atoms with E-state index in [0.29, 0.717) is 0 Å². The predicted octanol–water partition coefficient (Wildman–Crippen LogP) is 3.12. The number of hydrogen-bond acceptors (Lipinski definition) is 7. The maximum atomic E-state index is 4.97. The van der Waals surface area contributed by atoms with Crippen LogP contribution in [0.3, 0.4) is 0 Å². The van der Waals surface area contributed by atoms with Crippen LogP contribution in [0.15, 0.2) is 48.8 Å². The van der Waals surface area contributed by atoms with Crippen molar-refractivity contribution in [2.24, 2.45) is 0 Å². The van der Waals surface area contributed by atoms with Crippen molar-refractivity contribution in [3.63, 3.8) is 0 Å². The third-order valence-corrected chi connectivity index (χ3v) is 6.21. The fourth-order valence-electron chi connectivity index (χ4n) is 4.40. The lowest BCUT2D eigenvalue weighted by Crippen LogP contribution is -2.34. The van der Waals surface area contributed by atoms with E-state index < -0.39 is 0 Å². The Balaban J connectivity index is 1.42. The molecule has 0 radical (unpaired) electrons. The van der Waals surface area contributed by atoms with Crippen LogP contribution < -0.4 is 10.2 Å². The lowest BCUT2D eigenvalue weighted by Gasteiger charge is -2.23. The van der Waals surface area contributed by atoms with Gasteiger partial charge in [0.05, 0.1) is 46.2 Å². The van der Waals surface area contributed by atoms with Crippen molar-refractivity contribution in [2.45, 2.75) is 13.3 Å². The van der Waals surface area contributed by atoms with Crippen LogP contribution >= 0.6 is 0 Å². The molecule has 170 valence electrons. The van der Waals surface area contributed by atoms with Gasteiger partial charge in [0.25, 0.3) is 0 Å². The summed E-state index contributed by atoms with van der Waals surface area (Å²) in [4.78, 5) is 19.3. The van der Waals surface area contributed by atoms with E-state index in [1.807, 2.05) is 56.7 Å². The molecule has 0 spiro atoms. The molecule has 8 heteroatoms. The van der Waals surface area contributed by atoms with Gasteiger partial charge in [-0.05, 0) is 57.3 Å². The molecule has 2 N–H and O–H groups in total. The summed E-state index contributed by atoms with van der Waals surface area (Å²) in [6.45, 7) is 8.35. The number of aromatic nitrogens is 5. The van der Waals surface area contributed by atoms with Crippen LogP contribution in [0.25, 0.3) is 33.7 Å². The maximum absolute atomic E-state index is 4.97. The monoisotopic (exact) mass is 442 g/mol. The summed E-state index contributed by atoms with van der Waals surface area (Å²) >= 11 is 0. The number of anilines is 1. The van der Waals surface area contributed by atoms with Crippen LogP contribution in [0.2, 0.25) is 0 Å². The Morgan fingerprint density at radius 3 is 2.79 bits per heavy atom. The predicted molar refractivity (Wildman–Crippen MR) is 132 cm³/mol. The van der Waals surface area contributed by atoms with Gasteiger partial charge < -0.3 is 15.1 Å². The molecular formula is C25H30N8. The number of nitrogens with zero attached hydrogens (tertiary/aromatic N) is 6. The zero-order chi connectivity index (χ0) is 22.6. The third kappa shape index (κ3) is 4.72. The first kappa shape index (κ1) is 21.5. The van der Waals surface area contributed by atoms with Crippen LogP contribution in [-0.4, -0.2) is 76.4 Å². The molecule has 0 unspecified atom stereocenters. The first-order valence-electron chi connectivity index (χ1n) is 11.6. The van der Waals surface area contributed by atoms with Crippen molar-refractivity contribution in [3.8, 4) is 22.6 Å². The highest BCUT2D eigenvalue weighted by atomic mass is 15.2. The summed E-state index contributed by atoms with van der Waals surface area (Å²) in [6, 6.07) is 12.2. The normalized spacial score (nSPS) is 15.2. The second-order valence-corrected chi connectivity index (χ2v) is 8.54. The summed E-state index contributed by atoms with van der Waals surface area (Å²) in [5.74, 6) is 0. The molecule has 0 atom stereocenters. The third-order valence-electron chi connectivity index (χ3n) is 6.21. The molecule has 0 saturated carbocycles. The fourth-order valence-corrected chi connectivity index (χ4v) is 4.40. The van der Waals surface area contributed by atoms with Crippen LogP contribution in [0.1, 0.15) is 12.1 Å². The molecule has 1 aliphatic heterocycles. The van der Waals surface area contributed by atoms with Gasteiger partial charge in [-0.3, -0.25) is 15.1 Å². The van der Waals surface area contributed by atoms with Crippen molar-refractivity contribution in [3.05, 3.63) is 54.5 Å². The molecule has 5 heterocycles. The zero-order valence-corrected chi connectivity index (χ0v) is 19.3. The van der Waals surface area contributed by atoms with Gasteiger partial charge in [0.15, 0.2) is 0 Å². The minimum atomic E-state index is 0.864. The summed E-state index contributed by atoms with van der Waals surface area (Å²) in [7, 11) is 2.01. The van der Waals surface area contributed by atoms with Gasteiger partial charge in [-0.2, -0.15) is 5.10 Å². The number of pyridine rings is 3. The van der Waals surface area contributed by atoms with E-state index in [2.05, 4.69) is 36.4 Å². The zero-order valence-electron chi connectivity index (χ0n) is 19.3. The van der Waals surface area contributed by atoms with Crippen LogP contribution in [0, 0.1) is 6.92 Å². The number of hydrogen-bond donors (Lipinski definition) is 2. The van der Waals surface area contributed by atoms with Crippen LogP contribution in [0.5, 0.6) is 0 Å². The molecule has 8 nitrogen and oxygen atoms in total. The lowest BCUT2D eigenvalue weighted by atomic mass is 10.1. The molecule has 1 fully saturated rings. The second kappa shape index (κ2) is 9.64. The van der Waals surface area contributed by atoms with E-state index >= 15 is 0 Å². The number of H-pyrrole nitrogens is 1. The van der Waals surface area contributed by atoms with Gasteiger partial charge in [0.2, 0.25) is 0 Å². The lowest BCUT2D eigenvalue weighted by molar-refractivity contribution is 0.295. The van der Waals surface area contributed by atoms with Crippen molar-refractivity contribution in [1.82, 2.24) is 35.4 Å². The Bertz CT molecular complexity index is 1230. The summed E-state index contributed by atoms with van der Waals surface area (Å²) in [5, 5.41) is 10.6. The Hall–Kier alpha value is -3.36. The largest absolute Gasteiger partial charge is 0.369 e. The molecule has 0 amide bonds. The van der Waals surface area contributed by atoms with Gasteiger partial charge >= 0.3 is 0 Å². The average Bonchev–Trinajstić information content (AvgIpc) is 3.21. The van der Waals surface area contributed by atoms with Crippen molar-refractivity contribution >= 4 is 16.7 Å². The number of aromatic amines is 1. The van der Waals surface area contributed by atoms with Gasteiger partial charge in [0, 0.05) is 44.0 Å². The SMILES string of the molecule is CNCCN1CCCN(c2cnc3ccc(-c4cn[nH]c4-c4cccc(C)n4)nc3c2)CC1. The second-order valence-electron chi connectivity index (χ2n) is 8.54. The van der Waals surface area contributed by atoms with E-state index in [0.717, 1.165) is 90.7 Å². The number of likely N-dealkylation sites (N-methyl/N-ethyl adjacent to an activating group) is 1. The molecule has 33 heavy (non-hydrogen) atoms. The Labute approximate surface area is 194 Å². The molecule has 0 bridgehead atoms. The number of nitrogens with one attached hydrogen (secondary N) is 2. The van der Waals surface area contributed by atoms with Crippen molar-refractivity contribution in [2.75, 3.05) is 51.2 Å². The summed E-state index contributed by atoms with van der Waals surface area (Å²) in [5.41, 5.74) is 7.44. The number of fused-ring (bicyclic) bond motifs is 1. The number of aryl methyl sites for hydroxylation is 1. The molecule has 5 rings (SSSR count). The minimum Gasteiger partial charge on any atom is -0.369 e. The first-order chi connectivity index (χ1) is 16.2. The van der Waals surface area contributed by atoms with E-state index in [1.54, 1.807) is 0 Å². The molecule has 4 aromatic heterocycles. The Morgan fingerprint density at radius 1 is 0.970 bits per heavy atom. The fraction of sp³-hybridized carbons (Fsp3) is 0.360. The molecule has 0 aromatic carbocycles. The molecule has 0 aliphatic carbocycles. The smallest absolute Gasteiger partial charge is 0.0928 e. The topological polar surface area (TPSA) is 85.9 Å².